The van der Waals surface area contributed by atoms with Crippen molar-refractivity contribution in [3.8, 4) is 0 Å². The number of likely N-dealkylation sites (N-methyl/N-ethyl adjacent to an activating group) is 1. The second-order valence-corrected chi connectivity index (χ2v) is 4.42. The number of hydrogen-bond acceptors (Lipinski definition) is 3. The van der Waals surface area contributed by atoms with Crippen LogP contribution in [0.1, 0.15) is 19.3 Å². The molecule has 4 N–H and O–H groups in total. The number of carboxylic acids is 1. The van der Waals surface area contributed by atoms with Gasteiger partial charge in [0.15, 0.2) is 0 Å². The predicted molar refractivity (Wildman–Crippen MR) is 59.1 cm³/mol. The molecule has 17 heavy (non-hydrogen) atoms. The molecule has 1 fully saturated rings. The lowest BCUT2D eigenvalue weighted by Gasteiger charge is -2.37. The highest BCUT2D eigenvalue weighted by molar-refractivity contribution is 5.83. The maximum absolute atomic E-state index is 11.5. The van der Waals surface area contributed by atoms with Gasteiger partial charge < -0.3 is 21.1 Å². The fourth-order valence-electron chi connectivity index (χ4n) is 1.76. The minimum Gasteiger partial charge on any atom is -0.481 e. The minimum absolute atomic E-state index is 0.0876. The van der Waals surface area contributed by atoms with Crippen LogP contribution in [0.3, 0.4) is 0 Å². The monoisotopic (exact) mass is 243 g/mol. The third-order valence-electron chi connectivity index (χ3n) is 3.08. The van der Waals surface area contributed by atoms with E-state index in [1.807, 2.05) is 0 Å². The lowest BCUT2D eigenvalue weighted by atomic mass is 9.69. The molecule has 0 saturated heterocycles. The first-order valence-electron chi connectivity index (χ1n) is 5.38. The van der Waals surface area contributed by atoms with Gasteiger partial charge in [-0.25, -0.2) is 4.79 Å². The van der Waals surface area contributed by atoms with Crippen LogP contribution in [0.25, 0.3) is 0 Å². The molecule has 3 amide bonds. The molecule has 0 radical (unpaired) electrons. The standard InChI is InChI=1S/C10H17N3O4/c1-13(5-7(11)14)9(17)12-6-10(8(15)16)3-2-4-10/h2-6H2,1H3,(H2,11,14)(H,12,17)(H,15,16). The van der Waals surface area contributed by atoms with Crippen LogP contribution in [0.2, 0.25) is 0 Å². The van der Waals surface area contributed by atoms with Gasteiger partial charge in [-0.05, 0) is 12.8 Å². The highest BCUT2D eigenvalue weighted by atomic mass is 16.4. The second kappa shape index (κ2) is 5.03. The van der Waals surface area contributed by atoms with Gasteiger partial charge in [-0.1, -0.05) is 6.42 Å². The van der Waals surface area contributed by atoms with E-state index in [1.54, 1.807) is 0 Å². The molecular formula is C10H17N3O4. The molecular weight excluding hydrogens is 226 g/mol. The van der Waals surface area contributed by atoms with Crippen molar-refractivity contribution < 1.29 is 19.5 Å². The van der Waals surface area contributed by atoms with Crippen molar-refractivity contribution in [3.05, 3.63) is 0 Å². The van der Waals surface area contributed by atoms with Crippen molar-refractivity contribution in [2.24, 2.45) is 11.1 Å². The topological polar surface area (TPSA) is 113 Å². The Balaban J connectivity index is 2.42. The number of carbonyl (C=O) groups is 3. The number of rotatable bonds is 5. The van der Waals surface area contributed by atoms with E-state index in [-0.39, 0.29) is 13.1 Å². The average Bonchev–Trinajstić information content (AvgIpc) is 2.13. The van der Waals surface area contributed by atoms with Crippen molar-refractivity contribution in [3.63, 3.8) is 0 Å². The number of nitrogens with one attached hydrogen (secondary N) is 1. The number of nitrogens with two attached hydrogens (primary N) is 1. The number of carboxylic acid groups (broad SMARTS) is 1. The zero-order valence-corrected chi connectivity index (χ0v) is 9.73. The van der Waals surface area contributed by atoms with Crippen LogP contribution in [-0.2, 0) is 9.59 Å². The van der Waals surface area contributed by atoms with E-state index in [2.05, 4.69) is 5.32 Å². The number of primary amides is 1. The van der Waals surface area contributed by atoms with Crippen LogP contribution >= 0.6 is 0 Å². The molecule has 0 aromatic carbocycles. The SMILES string of the molecule is CN(CC(N)=O)C(=O)NCC1(C(=O)O)CCC1. The summed E-state index contributed by atoms with van der Waals surface area (Å²) in [7, 11) is 1.42. The van der Waals surface area contributed by atoms with Crippen molar-refractivity contribution in [2.75, 3.05) is 20.1 Å². The average molecular weight is 243 g/mol. The van der Waals surface area contributed by atoms with Gasteiger partial charge in [0.25, 0.3) is 0 Å². The molecule has 96 valence electrons. The molecule has 0 unspecified atom stereocenters. The van der Waals surface area contributed by atoms with Crippen LogP contribution in [0.4, 0.5) is 4.79 Å². The van der Waals surface area contributed by atoms with Gasteiger partial charge in [-0.3, -0.25) is 9.59 Å². The first-order valence-corrected chi connectivity index (χ1v) is 5.38. The molecule has 0 aromatic rings. The van der Waals surface area contributed by atoms with Gasteiger partial charge in [0.2, 0.25) is 5.91 Å². The molecule has 0 atom stereocenters. The van der Waals surface area contributed by atoms with Crippen molar-refractivity contribution in [1.29, 1.82) is 0 Å². The lowest BCUT2D eigenvalue weighted by Crippen LogP contribution is -2.50. The van der Waals surface area contributed by atoms with Gasteiger partial charge in [-0.2, -0.15) is 0 Å². The zero-order chi connectivity index (χ0) is 13.1. The summed E-state index contributed by atoms with van der Waals surface area (Å²) in [6.45, 7) is -0.101. The molecule has 0 aromatic heterocycles. The molecule has 1 aliphatic carbocycles. The van der Waals surface area contributed by atoms with Crippen molar-refractivity contribution in [1.82, 2.24) is 10.2 Å². The summed E-state index contributed by atoms with van der Waals surface area (Å²) >= 11 is 0. The molecule has 1 aliphatic rings. The van der Waals surface area contributed by atoms with Crippen LogP contribution in [0.15, 0.2) is 0 Å². The quantitative estimate of drug-likeness (QED) is 0.596. The molecule has 0 heterocycles. The van der Waals surface area contributed by atoms with Gasteiger partial charge in [0, 0.05) is 13.6 Å². The zero-order valence-electron chi connectivity index (χ0n) is 9.73. The molecule has 7 nitrogen and oxygen atoms in total. The van der Waals surface area contributed by atoms with Crippen molar-refractivity contribution in [2.45, 2.75) is 19.3 Å². The highest BCUT2D eigenvalue weighted by Gasteiger charge is 2.44. The minimum atomic E-state index is -0.887. The van der Waals surface area contributed by atoms with Crippen LogP contribution in [0, 0.1) is 5.41 Å². The fraction of sp³-hybridized carbons (Fsp3) is 0.700. The number of nitrogens with zero attached hydrogens (tertiary/aromatic N) is 1. The van der Waals surface area contributed by atoms with Crippen molar-refractivity contribution >= 4 is 17.9 Å². The Hall–Kier alpha value is -1.79. The Labute approximate surface area is 98.9 Å². The number of urea groups is 1. The Morgan fingerprint density at radius 1 is 1.41 bits per heavy atom. The maximum Gasteiger partial charge on any atom is 0.317 e. The number of carbonyl (C=O) groups excluding carboxylic acids is 2. The lowest BCUT2D eigenvalue weighted by molar-refractivity contribution is -0.153. The third kappa shape index (κ3) is 3.08. The van der Waals surface area contributed by atoms with Gasteiger partial charge in [-0.15, -0.1) is 0 Å². The third-order valence-corrected chi connectivity index (χ3v) is 3.08. The Bertz CT molecular complexity index is 338. The normalized spacial score (nSPS) is 16.8. The molecule has 0 bridgehead atoms. The maximum atomic E-state index is 11.5. The van der Waals surface area contributed by atoms with E-state index in [1.165, 1.54) is 7.05 Å². The van der Waals surface area contributed by atoms with E-state index in [4.69, 9.17) is 10.8 Å². The Morgan fingerprint density at radius 3 is 2.35 bits per heavy atom. The summed E-state index contributed by atoms with van der Waals surface area (Å²) in [5, 5.41) is 11.6. The highest BCUT2D eigenvalue weighted by Crippen LogP contribution is 2.40. The van der Waals surface area contributed by atoms with Crippen LogP contribution in [0.5, 0.6) is 0 Å². The summed E-state index contributed by atoms with van der Waals surface area (Å²) in [4.78, 5) is 34.2. The summed E-state index contributed by atoms with van der Waals surface area (Å²) in [5.74, 6) is -1.50. The fourth-order valence-corrected chi connectivity index (χ4v) is 1.76. The summed E-state index contributed by atoms with van der Waals surface area (Å²) in [6, 6.07) is -0.490. The first-order chi connectivity index (χ1) is 7.87. The number of hydrogen-bond donors (Lipinski definition) is 3. The number of amides is 3. The van der Waals surface area contributed by atoms with E-state index in [0.29, 0.717) is 12.8 Å². The summed E-state index contributed by atoms with van der Waals surface area (Å²) < 4.78 is 0. The molecule has 0 spiro atoms. The van der Waals surface area contributed by atoms with Crippen LogP contribution in [-0.4, -0.2) is 48.1 Å². The molecule has 1 saturated carbocycles. The smallest absolute Gasteiger partial charge is 0.317 e. The summed E-state index contributed by atoms with van der Waals surface area (Å²) in [6.07, 6.45) is 2.00. The van der Waals surface area contributed by atoms with E-state index < -0.39 is 23.3 Å². The van der Waals surface area contributed by atoms with Gasteiger partial charge in [0.05, 0.1) is 5.41 Å². The predicted octanol–water partition coefficient (Wildman–Crippen LogP) is -0.632. The first kappa shape index (κ1) is 13.3. The molecule has 0 aliphatic heterocycles. The van der Waals surface area contributed by atoms with E-state index in [0.717, 1.165) is 11.3 Å². The van der Waals surface area contributed by atoms with Gasteiger partial charge >= 0.3 is 12.0 Å². The molecule has 7 heteroatoms. The second-order valence-electron chi connectivity index (χ2n) is 4.42. The largest absolute Gasteiger partial charge is 0.481 e. The van der Waals surface area contributed by atoms with Gasteiger partial charge in [0.1, 0.15) is 6.54 Å². The summed E-state index contributed by atoms with van der Waals surface area (Å²) in [5.41, 5.74) is 4.11. The number of aliphatic carboxylic acids is 1. The molecule has 1 rings (SSSR count). The van der Waals surface area contributed by atoms with E-state index in [9.17, 15) is 14.4 Å². The Kier molecular flexibility index (Phi) is 3.93. The van der Waals surface area contributed by atoms with Crippen LogP contribution < -0.4 is 11.1 Å². The Morgan fingerprint density at radius 2 is 2.00 bits per heavy atom. The van der Waals surface area contributed by atoms with E-state index >= 15 is 0 Å².